The molecule has 0 aliphatic carbocycles. The highest BCUT2D eigenvalue weighted by molar-refractivity contribution is 7.99. The first-order valence-corrected chi connectivity index (χ1v) is 9.18. The van der Waals surface area contributed by atoms with Crippen molar-refractivity contribution in [3.8, 4) is 0 Å². The van der Waals surface area contributed by atoms with E-state index in [0.717, 1.165) is 17.0 Å². The van der Waals surface area contributed by atoms with Gasteiger partial charge < -0.3 is 10.1 Å². The fraction of sp³-hybridized carbons (Fsp3) is 0.278. The first-order valence-electron chi connectivity index (χ1n) is 8.20. The van der Waals surface area contributed by atoms with Crippen LogP contribution in [0.15, 0.2) is 29.4 Å². The minimum absolute atomic E-state index is 0.149. The van der Waals surface area contributed by atoms with Crippen LogP contribution in [0.2, 0.25) is 0 Å². The lowest BCUT2D eigenvalue weighted by Crippen LogP contribution is -2.16. The van der Waals surface area contributed by atoms with E-state index in [2.05, 4.69) is 20.5 Å². The van der Waals surface area contributed by atoms with Gasteiger partial charge in [-0.2, -0.15) is 0 Å². The summed E-state index contributed by atoms with van der Waals surface area (Å²) in [4.78, 5) is 28.4. The van der Waals surface area contributed by atoms with Crippen LogP contribution in [-0.4, -0.2) is 44.3 Å². The van der Waals surface area contributed by atoms with E-state index in [1.807, 2.05) is 31.2 Å². The number of amides is 1. The van der Waals surface area contributed by atoms with Crippen LogP contribution in [0.1, 0.15) is 27.3 Å². The number of nitrogens with zero attached hydrogens (tertiary/aromatic N) is 4. The molecule has 0 radical (unpaired) electrons. The summed E-state index contributed by atoms with van der Waals surface area (Å²) in [6, 6.07) is 6.96. The van der Waals surface area contributed by atoms with Gasteiger partial charge in [-0.1, -0.05) is 17.8 Å². The van der Waals surface area contributed by atoms with Crippen LogP contribution >= 0.6 is 11.8 Å². The van der Waals surface area contributed by atoms with E-state index in [-0.39, 0.29) is 11.7 Å². The zero-order valence-corrected chi connectivity index (χ0v) is 16.3. The molecule has 8 nitrogen and oxygen atoms in total. The molecule has 0 aliphatic heterocycles. The average molecular weight is 385 g/mol. The maximum atomic E-state index is 12.4. The number of ether oxygens (including phenoxy) is 1. The molecule has 0 bridgehead atoms. The quantitative estimate of drug-likeness (QED) is 0.532. The summed E-state index contributed by atoms with van der Waals surface area (Å²) in [7, 11) is 1.32. The lowest BCUT2D eigenvalue weighted by molar-refractivity contribution is -0.113. The molecule has 2 aromatic heterocycles. The van der Waals surface area contributed by atoms with Crippen LogP contribution in [0.5, 0.6) is 0 Å². The zero-order valence-electron chi connectivity index (χ0n) is 15.4. The molecule has 140 valence electrons. The molecule has 1 N–H and O–H groups in total. The second-order valence-electron chi connectivity index (χ2n) is 6.02. The minimum atomic E-state index is -0.451. The molecule has 0 aliphatic rings. The van der Waals surface area contributed by atoms with Crippen LogP contribution < -0.4 is 5.32 Å². The molecule has 0 atom stereocenters. The summed E-state index contributed by atoms with van der Waals surface area (Å²) in [5.74, 6) is 0.000380. The van der Waals surface area contributed by atoms with Crippen molar-refractivity contribution in [1.82, 2.24) is 19.6 Å². The number of hydrogen-bond acceptors (Lipinski definition) is 7. The number of methoxy groups -OCH3 is 1. The third-order valence-corrected chi connectivity index (χ3v) is 4.86. The van der Waals surface area contributed by atoms with Gasteiger partial charge in [-0.3, -0.25) is 9.20 Å². The number of carbonyl (C=O) groups is 2. The highest BCUT2D eigenvalue weighted by Gasteiger charge is 2.14. The van der Waals surface area contributed by atoms with Crippen LogP contribution in [0, 0.1) is 20.8 Å². The predicted octanol–water partition coefficient (Wildman–Crippen LogP) is 2.57. The van der Waals surface area contributed by atoms with Crippen molar-refractivity contribution in [2.75, 3.05) is 18.2 Å². The zero-order chi connectivity index (χ0) is 19.6. The van der Waals surface area contributed by atoms with Gasteiger partial charge in [-0.25, -0.2) is 9.78 Å². The van der Waals surface area contributed by atoms with Gasteiger partial charge in [0.15, 0.2) is 5.16 Å². The summed E-state index contributed by atoms with van der Waals surface area (Å²) < 4.78 is 6.53. The molecular formula is C18H19N5O3S. The van der Waals surface area contributed by atoms with Gasteiger partial charge in [0.2, 0.25) is 5.91 Å². The van der Waals surface area contributed by atoms with Gasteiger partial charge in [0.1, 0.15) is 0 Å². The molecule has 27 heavy (non-hydrogen) atoms. The molecule has 9 heteroatoms. The Labute approximate surface area is 160 Å². The van der Waals surface area contributed by atoms with Crippen molar-refractivity contribution in [3.05, 3.63) is 46.8 Å². The predicted molar refractivity (Wildman–Crippen MR) is 102 cm³/mol. The third-order valence-electron chi connectivity index (χ3n) is 3.93. The Morgan fingerprint density at radius 2 is 1.96 bits per heavy atom. The number of aryl methyl sites for hydroxylation is 3. The standard InChI is InChI=1S/C18H19N5O3S/c1-10-5-6-13(16(25)26-4)8-14(10)20-15(24)9-27-18-22-21-17-19-11(2)7-12(3)23(17)18/h5-8H,9H2,1-4H3,(H,20,24). The molecule has 3 aromatic rings. The Kier molecular flexibility index (Phi) is 5.41. The van der Waals surface area contributed by atoms with Gasteiger partial charge in [0.25, 0.3) is 5.78 Å². The Bertz CT molecular complexity index is 1030. The normalized spacial score (nSPS) is 10.8. The van der Waals surface area contributed by atoms with Crippen LogP contribution in [0.4, 0.5) is 5.69 Å². The van der Waals surface area contributed by atoms with Gasteiger partial charge in [-0.15, -0.1) is 10.2 Å². The number of carbonyl (C=O) groups excluding carboxylic acids is 2. The lowest BCUT2D eigenvalue weighted by atomic mass is 10.1. The third kappa shape index (κ3) is 4.08. The average Bonchev–Trinajstić information content (AvgIpc) is 3.04. The van der Waals surface area contributed by atoms with Crippen LogP contribution in [0.25, 0.3) is 5.78 Å². The van der Waals surface area contributed by atoms with Crippen molar-refractivity contribution in [3.63, 3.8) is 0 Å². The Balaban J connectivity index is 1.71. The molecular weight excluding hydrogens is 366 g/mol. The van der Waals surface area contributed by atoms with E-state index in [4.69, 9.17) is 4.74 Å². The SMILES string of the molecule is COC(=O)c1ccc(C)c(NC(=O)CSc2nnc3nc(C)cc(C)n23)c1. The largest absolute Gasteiger partial charge is 0.465 e. The molecule has 0 saturated carbocycles. The highest BCUT2D eigenvalue weighted by atomic mass is 32.2. The van der Waals surface area contributed by atoms with Gasteiger partial charge in [0.05, 0.1) is 18.4 Å². The summed E-state index contributed by atoms with van der Waals surface area (Å²) in [5, 5.41) is 11.6. The van der Waals surface area contributed by atoms with Crippen molar-refractivity contribution >= 4 is 35.1 Å². The van der Waals surface area contributed by atoms with Gasteiger partial charge >= 0.3 is 5.97 Å². The first-order chi connectivity index (χ1) is 12.9. The molecule has 0 fully saturated rings. The highest BCUT2D eigenvalue weighted by Crippen LogP contribution is 2.21. The maximum Gasteiger partial charge on any atom is 0.337 e. The molecule has 2 heterocycles. The van der Waals surface area contributed by atoms with Crippen molar-refractivity contribution < 1.29 is 14.3 Å². The van der Waals surface area contributed by atoms with Gasteiger partial charge in [-0.05, 0) is 44.5 Å². The van der Waals surface area contributed by atoms with Gasteiger partial charge in [0, 0.05) is 17.1 Å². The summed E-state index contributed by atoms with van der Waals surface area (Å²) >= 11 is 1.27. The number of anilines is 1. The van der Waals surface area contributed by atoms with Crippen molar-refractivity contribution in [2.45, 2.75) is 25.9 Å². The summed E-state index contributed by atoms with van der Waals surface area (Å²) in [5.41, 5.74) is 3.62. The smallest absolute Gasteiger partial charge is 0.337 e. The molecule has 0 spiro atoms. The van der Waals surface area contributed by atoms with E-state index in [9.17, 15) is 9.59 Å². The lowest BCUT2D eigenvalue weighted by Gasteiger charge is -2.10. The minimum Gasteiger partial charge on any atom is -0.465 e. The number of aromatic nitrogens is 4. The Morgan fingerprint density at radius 1 is 1.19 bits per heavy atom. The van der Waals surface area contributed by atoms with E-state index in [1.165, 1.54) is 18.9 Å². The van der Waals surface area contributed by atoms with Crippen molar-refractivity contribution in [2.24, 2.45) is 0 Å². The second-order valence-corrected chi connectivity index (χ2v) is 6.96. The summed E-state index contributed by atoms with van der Waals surface area (Å²) in [6.45, 7) is 5.69. The van der Waals surface area contributed by atoms with E-state index in [1.54, 1.807) is 18.2 Å². The molecule has 1 aromatic carbocycles. The molecule has 0 unspecified atom stereocenters. The fourth-order valence-corrected chi connectivity index (χ4v) is 3.40. The second kappa shape index (κ2) is 7.75. The summed E-state index contributed by atoms with van der Waals surface area (Å²) in [6.07, 6.45) is 0. The van der Waals surface area contributed by atoms with Crippen LogP contribution in [0.3, 0.4) is 0 Å². The van der Waals surface area contributed by atoms with E-state index >= 15 is 0 Å². The number of thioether (sulfide) groups is 1. The van der Waals surface area contributed by atoms with E-state index < -0.39 is 5.97 Å². The van der Waals surface area contributed by atoms with Crippen molar-refractivity contribution in [1.29, 1.82) is 0 Å². The first kappa shape index (κ1) is 18.8. The topological polar surface area (TPSA) is 98.5 Å². The van der Waals surface area contributed by atoms with Crippen LogP contribution in [-0.2, 0) is 9.53 Å². The number of hydrogen-bond donors (Lipinski definition) is 1. The monoisotopic (exact) mass is 385 g/mol. The fourth-order valence-electron chi connectivity index (χ4n) is 2.61. The number of nitrogens with one attached hydrogen (secondary N) is 1. The molecule has 0 saturated heterocycles. The Morgan fingerprint density at radius 3 is 2.70 bits per heavy atom. The number of fused-ring (bicyclic) bond motifs is 1. The maximum absolute atomic E-state index is 12.4. The molecule has 3 rings (SSSR count). The molecule has 1 amide bonds. The number of esters is 1. The number of benzene rings is 1. The number of rotatable bonds is 5. The van der Waals surface area contributed by atoms with E-state index in [0.29, 0.717) is 22.2 Å². The Hall–Kier alpha value is -2.94.